The summed E-state index contributed by atoms with van der Waals surface area (Å²) in [6.07, 6.45) is 4.07. The Bertz CT molecular complexity index is 1040. The molecule has 0 radical (unpaired) electrons. The van der Waals surface area contributed by atoms with E-state index in [1.807, 2.05) is 36.4 Å². The van der Waals surface area contributed by atoms with Gasteiger partial charge in [-0.2, -0.15) is 0 Å². The first-order valence-corrected chi connectivity index (χ1v) is 12.2. The van der Waals surface area contributed by atoms with E-state index in [9.17, 15) is 15.3 Å². The molecule has 3 heteroatoms. The lowest BCUT2D eigenvalue weighted by atomic mass is 9.59. The summed E-state index contributed by atoms with van der Waals surface area (Å²) in [7, 11) is 0. The van der Waals surface area contributed by atoms with Gasteiger partial charge in [0.05, 0.1) is 0 Å². The number of phenols is 3. The summed E-state index contributed by atoms with van der Waals surface area (Å²) in [6.45, 7) is 8.75. The zero-order valence-corrected chi connectivity index (χ0v) is 20.2. The maximum Gasteiger partial charge on any atom is 0.115 e. The minimum atomic E-state index is -0.173. The van der Waals surface area contributed by atoms with Crippen LogP contribution in [0.1, 0.15) is 98.9 Å². The summed E-state index contributed by atoms with van der Waals surface area (Å²) in [5, 5.41) is 30.3. The molecule has 1 aliphatic rings. The molecule has 1 aliphatic carbocycles. The van der Waals surface area contributed by atoms with E-state index >= 15 is 0 Å². The van der Waals surface area contributed by atoms with Crippen LogP contribution in [0.25, 0.3) is 0 Å². The summed E-state index contributed by atoms with van der Waals surface area (Å²) in [6, 6.07) is 19.4. The molecule has 174 valence electrons. The molecule has 33 heavy (non-hydrogen) atoms. The molecule has 3 N–H and O–H groups in total. The van der Waals surface area contributed by atoms with Crippen molar-refractivity contribution in [1.82, 2.24) is 0 Å². The van der Waals surface area contributed by atoms with Crippen molar-refractivity contribution in [2.24, 2.45) is 0 Å². The molecular weight excluding hydrogens is 408 g/mol. The lowest BCUT2D eigenvalue weighted by Crippen LogP contribution is -2.35. The van der Waals surface area contributed by atoms with Gasteiger partial charge in [-0.05, 0) is 108 Å². The molecule has 0 saturated heterocycles. The molecular formula is C30H36O3. The van der Waals surface area contributed by atoms with Gasteiger partial charge in [-0.3, -0.25) is 0 Å². The van der Waals surface area contributed by atoms with E-state index in [2.05, 4.69) is 39.8 Å². The molecule has 4 rings (SSSR count). The van der Waals surface area contributed by atoms with Crippen molar-refractivity contribution in [3.8, 4) is 17.2 Å². The van der Waals surface area contributed by atoms with E-state index in [0.717, 1.165) is 25.7 Å². The predicted molar refractivity (Wildman–Crippen MR) is 134 cm³/mol. The zero-order chi connectivity index (χ0) is 23.8. The van der Waals surface area contributed by atoms with Crippen LogP contribution in [0, 0.1) is 0 Å². The van der Waals surface area contributed by atoms with Gasteiger partial charge >= 0.3 is 0 Å². The SMILES string of the molecule is CC(C)c1cc(O)ccc1C1(c2ccc(O)cc2C(C)C)CCC(c2ccc(O)cc2)CC1. The first-order chi connectivity index (χ1) is 15.7. The molecule has 3 nitrogen and oxygen atoms in total. The second kappa shape index (κ2) is 9.13. The van der Waals surface area contributed by atoms with Crippen LogP contribution >= 0.6 is 0 Å². The standard InChI is InChI=1S/C30H36O3/c1-19(2)26-17-24(32)9-11-28(26)30(29-12-10-25(33)18-27(29)20(3)4)15-13-22(14-16-30)21-5-7-23(31)8-6-21/h5-12,17-20,22,31-33H,13-16H2,1-4H3. The van der Waals surface area contributed by atoms with Gasteiger partial charge in [0, 0.05) is 5.41 Å². The average molecular weight is 445 g/mol. The molecule has 3 aromatic carbocycles. The van der Waals surface area contributed by atoms with Gasteiger partial charge in [0.1, 0.15) is 17.2 Å². The number of rotatable bonds is 5. The lowest BCUT2D eigenvalue weighted by molar-refractivity contribution is 0.309. The largest absolute Gasteiger partial charge is 0.508 e. The molecule has 0 aromatic heterocycles. The van der Waals surface area contributed by atoms with E-state index in [4.69, 9.17) is 0 Å². The number of aromatic hydroxyl groups is 3. The lowest BCUT2D eigenvalue weighted by Gasteiger charge is -2.44. The third-order valence-corrected chi connectivity index (χ3v) is 7.55. The second-order valence-electron chi connectivity index (χ2n) is 10.3. The quantitative estimate of drug-likeness (QED) is 0.378. The topological polar surface area (TPSA) is 60.7 Å². The van der Waals surface area contributed by atoms with Crippen LogP contribution in [-0.4, -0.2) is 15.3 Å². The maximum absolute atomic E-state index is 10.3. The van der Waals surface area contributed by atoms with Crippen LogP contribution in [0.4, 0.5) is 0 Å². The van der Waals surface area contributed by atoms with Gasteiger partial charge in [0.25, 0.3) is 0 Å². The fourth-order valence-corrected chi connectivity index (χ4v) is 5.80. The van der Waals surface area contributed by atoms with Gasteiger partial charge < -0.3 is 15.3 Å². The van der Waals surface area contributed by atoms with Crippen LogP contribution in [0.2, 0.25) is 0 Å². The van der Waals surface area contributed by atoms with Crippen molar-refractivity contribution in [1.29, 1.82) is 0 Å². The van der Waals surface area contributed by atoms with Gasteiger partial charge in [-0.25, -0.2) is 0 Å². The third-order valence-electron chi connectivity index (χ3n) is 7.55. The van der Waals surface area contributed by atoms with Gasteiger partial charge in [0.15, 0.2) is 0 Å². The van der Waals surface area contributed by atoms with Crippen molar-refractivity contribution in [2.45, 2.75) is 76.5 Å². The summed E-state index contributed by atoms with van der Waals surface area (Å²) in [5.41, 5.74) is 6.10. The molecule has 0 bridgehead atoms. The Morgan fingerprint density at radius 3 is 1.48 bits per heavy atom. The minimum absolute atomic E-state index is 0.173. The Balaban J connectivity index is 1.85. The summed E-state index contributed by atoms with van der Waals surface area (Å²) >= 11 is 0. The predicted octanol–water partition coefficient (Wildman–Crippen LogP) is 7.69. The molecule has 0 spiro atoms. The van der Waals surface area contributed by atoms with E-state index in [-0.39, 0.29) is 5.41 Å². The Labute approximate surface area is 197 Å². The van der Waals surface area contributed by atoms with Gasteiger partial charge in [-0.1, -0.05) is 52.0 Å². The fraction of sp³-hybridized carbons (Fsp3) is 0.400. The van der Waals surface area contributed by atoms with Crippen LogP contribution in [0.3, 0.4) is 0 Å². The first-order valence-electron chi connectivity index (χ1n) is 12.2. The van der Waals surface area contributed by atoms with Crippen molar-refractivity contribution >= 4 is 0 Å². The van der Waals surface area contributed by atoms with E-state index in [1.165, 1.54) is 27.8 Å². The second-order valence-corrected chi connectivity index (χ2v) is 10.3. The smallest absolute Gasteiger partial charge is 0.115 e. The number of hydrogen-bond acceptors (Lipinski definition) is 3. The Morgan fingerprint density at radius 2 is 1.06 bits per heavy atom. The third kappa shape index (κ3) is 4.46. The van der Waals surface area contributed by atoms with Crippen LogP contribution in [0.5, 0.6) is 17.2 Å². The van der Waals surface area contributed by atoms with Crippen molar-refractivity contribution in [2.75, 3.05) is 0 Å². The van der Waals surface area contributed by atoms with Crippen LogP contribution < -0.4 is 0 Å². The number of benzene rings is 3. The highest BCUT2D eigenvalue weighted by Gasteiger charge is 2.42. The molecule has 0 heterocycles. The number of phenolic OH excluding ortho intramolecular Hbond substituents is 3. The Morgan fingerprint density at radius 1 is 0.636 bits per heavy atom. The molecule has 0 amide bonds. The van der Waals surface area contributed by atoms with E-state index in [1.54, 1.807) is 12.1 Å². The summed E-state index contributed by atoms with van der Waals surface area (Å²) < 4.78 is 0. The van der Waals surface area contributed by atoms with Crippen LogP contribution in [-0.2, 0) is 5.41 Å². The number of hydrogen-bond donors (Lipinski definition) is 3. The van der Waals surface area contributed by atoms with E-state index < -0.39 is 0 Å². The van der Waals surface area contributed by atoms with Crippen molar-refractivity contribution in [3.63, 3.8) is 0 Å². The van der Waals surface area contributed by atoms with Crippen molar-refractivity contribution < 1.29 is 15.3 Å². The van der Waals surface area contributed by atoms with Crippen LogP contribution in [0.15, 0.2) is 60.7 Å². The average Bonchev–Trinajstić information content (AvgIpc) is 2.79. The van der Waals surface area contributed by atoms with Gasteiger partial charge in [-0.15, -0.1) is 0 Å². The molecule has 0 atom stereocenters. The van der Waals surface area contributed by atoms with Gasteiger partial charge in [0.2, 0.25) is 0 Å². The molecule has 0 aliphatic heterocycles. The highest BCUT2D eigenvalue weighted by Crippen LogP contribution is 2.53. The Kier molecular flexibility index (Phi) is 6.43. The first kappa shape index (κ1) is 23.2. The Hall–Kier alpha value is -2.94. The molecule has 0 unspecified atom stereocenters. The fourth-order valence-electron chi connectivity index (χ4n) is 5.80. The normalized spacial score (nSPS) is 16.4. The highest BCUT2D eigenvalue weighted by molar-refractivity contribution is 5.52. The zero-order valence-electron chi connectivity index (χ0n) is 20.2. The summed E-state index contributed by atoms with van der Waals surface area (Å²) in [4.78, 5) is 0. The maximum atomic E-state index is 10.3. The van der Waals surface area contributed by atoms with Crippen molar-refractivity contribution in [3.05, 3.63) is 88.5 Å². The monoisotopic (exact) mass is 444 g/mol. The summed E-state index contributed by atoms with van der Waals surface area (Å²) in [5.74, 6) is 1.96. The molecule has 1 fully saturated rings. The molecule has 1 saturated carbocycles. The minimum Gasteiger partial charge on any atom is -0.508 e. The molecule has 3 aromatic rings. The highest BCUT2D eigenvalue weighted by atomic mass is 16.3. The van der Waals surface area contributed by atoms with E-state index in [0.29, 0.717) is 35.0 Å².